The first-order valence-electron chi connectivity index (χ1n) is 12.2. The van der Waals surface area contributed by atoms with E-state index in [1.54, 1.807) is 43.3 Å². The third-order valence-electron chi connectivity index (χ3n) is 6.23. The number of benzene rings is 2. The number of nitrogens with zero attached hydrogens (tertiary/aromatic N) is 2. The zero-order valence-electron chi connectivity index (χ0n) is 21.4. The zero-order chi connectivity index (χ0) is 28.4. The predicted octanol–water partition coefficient (Wildman–Crippen LogP) is 3.85. The summed E-state index contributed by atoms with van der Waals surface area (Å²) in [5.41, 5.74) is 6.97. The first-order chi connectivity index (χ1) is 18.4. The van der Waals surface area contributed by atoms with Crippen LogP contribution in [0.4, 0.5) is 10.2 Å². The number of amides is 1. The van der Waals surface area contributed by atoms with E-state index in [1.807, 2.05) is 0 Å². The second kappa shape index (κ2) is 11.1. The molecule has 0 aliphatic rings. The molecule has 206 valence electrons. The van der Waals surface area contributed by atoms with Gasteiger partial charge in [-0.15, -0.1) is 0 Å². The van der Waals surface area contributed by atoms with Crippen LogP contribution in [0.1, 0.15) is 40.6 Å². The van der Waals surface area contributed by atoms with E-state index in [0.717, 1.165) is 10.6 Å². The van der Waals surface area contributed by atoms with Crippen LogP contribution in [0.5, 0.6) is 0 Å². The molecule has 12 heteroatoms. The summed E-state index contributed by atoms with van der Waals surface area (Å²) in [6, 6.07) is 15.2. The molecule has 0 saturated carbocycles. The number of carbonyl (C=O) groups is 1. The fourth-order valence-corrected chi connectivity index (χ4v) is 6.58. The van der Waals surface area contributed by atoms with Crippen molar-refractivity contribution < 1.29 is 30.4 Å². The quantitative estimate of drug-likeness (QED) is 0.287. The number of primary amides is 1. The number of sulfone groups is 1. The maximum atomic E-state index is 13.3. The van der Waals surface area contributed by atoms with Crippen molar-refractivity contribution in [2.45, 2.75) is 31.1 Å². The van der Waals surface area contributed by atoms with Crippen molar-refractivity contribution >= 4 is 42.7 Å². The molecule has 2 aromatic carbocycles. The number of fused-ring (bicyclic) bond motifs is 1. The Morgan fingerprint density at radius 3 is 2.31 bits per heavy atom. The molecule has 0 unspecified atom stereocenters. The number of nitrogens with two attached hydrogens (primary N) is 1. The molecule has 0 atom stereocenters. The fourth-order valence-electron chi connectivity index (χ4n) is 4.33. The molecule has 0 aliphatic carbocycles. The van der Waals surface area contributed by atoms with Crippen molar-refractivity contribution in [2.24, 2.45) is 5.73 Å². The van der Waals surface area contributed by atoms with E-state index in [1.165, 1.54) is 24.3 Å². The third-order valence-corrected chi connectivity index (χ3v) is 9.20. The van der Waals surface area contributed by atoms with Crippen LogP contribution in [-0.4, -0.2) is 46.3 Å². The monoisotopic (exact) mass is 573 g/mol. The van der Waals surface area contributed by atoms with Crippen LogP contribution in [0.25, 0.3) is 11.1 Å². The van der Waals surface area contributed by atoms with Gasteiger partial charge in [-0.25, -0.2) is 21.2 Å². The summed E-state index contributed by atoms with van der Waals surface area (Å²) in [5.74, 6) is -1.11. The minimum atomic E-state index is -3.87. The van der Waals surface area contributed by atoms with Crippen LogP contribution < -0.4 is 10.0 Å². The Hall–Kier alpha value is -3.77. The van der Waals surface area contributed by atoms with E-state index in [4.69, 9.17) is 10.2 Å². The molecule has 9 nitrogen and oxygen atoms in total. The summed E-state index contributed by atoms with van der Waals surface area (Å²) in [6.07, 6.45) is 1.54. The lowest BCUT2D eigenvalue weighted by Crippen LogP contribution is -2.33. The van der Waals surface area contributed by atoms with Crippen LogP contribution >= 0.6 is 0 Å². The minimum Gasteiger partial charge on any atom is -0.441 e. The molecule has 2 heterocycles. The van der Waals surface area contributed by atoms with Crippen LogP contribution in [0.15, 0.2) is 70.0 Å². The Bertz CT molecular complexity index is 1720. The average molecular weight is 574 g/mol. The van der Waals surface area contributed by atoms with Gasteiger partial charge in [0.15, 0.2) is 9.84 Å². The molecule has 0 aliphatic heterocycles. The number of halogens is 1. The number of aromatic nitrogens is 1. The maximum Gasteiger partial charge on any atom is 0.252 e. The van der Waals surface area contributed by atoms with E-state index in [0.29, 0.717) is 22.9 Å². The van der Waals surface area contributed by atoms with Crippen LogP contribution in [0, 0.1) is 5.82 Å². The summed E-state index contributed by atoms with van der Waals surface area (Å²) < 4.78 is 71.3. The van der Waals surface area contributed by atoms with Crippen molar-refractivity contribution in [2.75, 3.05) is 22.9 Å². The summed E-state index contributed by atoms with van der Waals surface area (Å²) in [7, 11) is -7.48. The van der Waals surface area contributed by atoms with Gasteiger partial charge in [0.05, 0.1) is 27.9 Å². The molecule has 0 saturated heterocycles. The van der Waals surface area contributed by atoms with Crippen LogP contribution in [0.3, 0.4) is 0 Å². The first kappa shape index (κ1) is 28.2. The second-order valence-electron chi connectivity index (χ2n) is 9.07. The van der Waals surface area contributed by atoms with Crippen LogP contribution in [0.2, 0.25) is 0 Å². The number of aryl methyl sites for hydroxylation is 1. The van der Waals surface area contributed by atoms with Crippen molar-refractivity contribution in [3.8, 4) is 0 Å². The van der Waals surface area contributed by atoms with Gasteiger partial charge in [-0.3, -0.25) is 9.10 Å². The van der Waals surface area contributed by atoms with Gasteiger partial charge in [0.25, 0.3) is 5.91 Å². The predicted molar refractivity (Wildman–Crippen MR) is 146 cm³/mol. The van der Waals surface area contributed by atoms with E-state index in [9.17, 15) is 26.0 Å². The van der Waals surface area contributed by atoms with Gasteiger partial charge in [0, 0.05) is 13.0 Å². The van der Waals surface area contributed by atoms with Crippen LogP contribution in [-0.2, 0) is 32.7 Å². The standard InChI is InChI=1S/C27H28FN3O6S2/c1-3-19-17-22-24(25(29)32)23(16-18-10-12-20(28)13-11-18)37-27(22)30-26(19)31(38(2,33)34)14-7-15-39(35,36)21-8-5-4-6-9-21/h4-6,8-13,17H,3,7,14-16H2,1-2H3,(H2,29,32). The van der Waals surface area contributed by atoms with E-state index >= 15 is 0 Å². The SMILES string of the molecule is CCc1cc2c(C(N)=O)c(Cc3ccc(F)cc3)oc2nc1N(CCCS(=O)(=O)c1ccccc1)S(C)(=O)=O. The Morgan fingerprint density at radius 2 is 1.72 bits per heavy atom. The van der Waals surface area contributed by atoms with Gasteiger partial charge < -0.3 is 10.2 Å². The number of hydrogen-bond acceptors (Lipinski definition) is 7. The van der Waals surface area contributed by atoms with Gasteiger partial charge in [0.1, 0.15) is 17.4 Å². The lowest BCUT2D eigenvalue weighted by Gasteiger charge is -2.23. The Balaban J connectivity index is 1.71. The van der Waals surface area contributed by atoms with Gasteiger partial charge in [0.2, 0.25) is 15.7 Å². The molecule has 0 spiro atoms. The number of furan rings is 1. The van der Waals surface area contributed by atoms with Crippen molar-refractivity contribution in [1.29, 1.82) is 0 Å². The fraction of sp³-hybridized carbons (Fsp3) is 0.259. The summed E-state index contributed by atoms with van der Waals surface area (Å²) >= 11 is 0. The van der Waals surface area contributed by atoms with E-state index in [2.05, 4.69) is 4.98 Å². The normalized spacial score (nSPS) is 12.1. The molecule has 39 heavy (non-hydrogen) atoms. The first-order valence-corrected chi connectivity index (χ1v) is 15.7. The summed E-state index contributed by atoms with van der Waals surface area (Å²) in [4.78, 5) is 17.0. The number of anilines is 1. The highest BCUT2D eigenvalue weighted by atomic mass is 32.2. The maximum absolute atomic E-state index is 13.3. The molecule has 1 amide bonds. The van der Waals surface area contributed by atoms with E-state index in [-0.39, 0.29) is 52.9 Å². The highest BCUT2D eigenvalue weighted by Crippen LogP contribution is 2.32. The number of pyridine rings is 1. The third kappa shape index (κ3) is 6.28. The molecule has 0 radical (unpaired) electrons. The molecular weight excluding hydrogens is 545 g/mol. The van der Waals surface area contributed by atoms with Crippen molar-refractivity contribution in [1.82, 2.24) is 4.98 Å². The highest BCUT2D eigenvalue weighted by molar-refractivity contribution is 7.92. The van der Waals surface area contributed by atoms with E-state index < -0.39 is 31.6 Å². The minimum absolute atomic E-state index is 0.0127. The average Bonchev–Trinajstić information content (AvgIpc) is 3.24. The highest BCUT2D eigenvalue weighted by Gasteiger charge is 2.27. The zero-order valence-corrected chi connectivity index (χ0v) is 23.1. The van der Waals surface area contributed by atoms with Gasteiger partial charge >= 0.3 is 0 Å². The number of hydrogen-bond donors (Lipinski definition) is 1. The summed E-state index contributed by atoms with van der Waals surface area (Å²) in [6.45, 7) is 1.67. The van der Waals surface area contributed by atoms with Crippen molar-refractivity contribution in [3.05, 3.63) is 88.9 Å². The second-order valence-corrected chi connectivity index (χ2v) is 13.1. The molecule has 2 aromatic heterocycles. The van der Waals surface area contributed by atoms with Gasteiger partial charge in [-0.2, -0.15) is 4.98 Å². The lowest BCUT2D eigenvalue weighted by atomic mass is 10.0. The smallest absolute Gasteiger partial charge is 0.252 e. The topological polar surface area (TPSA) is 141 Å². The Labute approximate surface area is 226 Å². The van der Waals surface area contributed by atoms with Gasteiger partial charge in [-0.05, 0) is 54.3 Å². The number of carbonyl (C=O) groups excluding carboxylic acids is 1. The number of rotatable bonds is 11. The Morgan fingerprint density at radius 1 is 1.05 bits per heavy atom. The van der Waals surface area contributed by atoms with Crippen molar-refractivity contribution in [3.63, 3.8) is 0 Å². The molecule has 4 rings (SSSR count). The molecule has 0 bridgehead atoms. The molecule has 0 fully saturated rings. The molecule has 2 N–H and O–H groups in total. The largest absolute Gasteiger partial charge is 0.441 e. The number of sulfonamides is 1. The molecule has 4 aromatic rings. The van der Waals surface area contributed by atoms with Gasteiger partial charge in [-0.1, -0.05) is 37.3 Å². The molecular formula is C27H28FN3O6S2. The summed E-state index contributed by atoms with van der Waals surface area (Å²) in [5, 5.41) is 0.334. The Kier molecular flexibility index (Phi) is 8.07. The lowest BCUT2D eigenvalue weighted by molar-refractivity contribution is 0.1000.